The first-order valence-electron chi connectivity index (χ1n) is 9.73. The van der Waals surface area contributed by atoms with E-state index < -0.39 is 0 Å². The van der Waals surface area contributed by atoms with Crippen molar-refractivity contribution in [3.8, 4) is 5.82 Å². The third-order valence-corrected chi connectivity index (χ3v) is 5.05. The lowest BCUT2D eigenvalue weighted by Gasteiger charge is -2.08. The van der Waals surface area contributed by atoms with E-state index >= 15 is 0 Å². The maximum Gasteiger partial charge on any atom is 0.226 e. The topological polar surface area (TPSA) is 111 Å². The van der Waals surface area contributed by atoms with Gasteiger partial charge in [0.1, 0.15) is 11.5 Å². The predicted octanol–water partition coefficient (Wildman–Crippen LogP) is 2.50. The Kier molecular flexibility index (Phi) is 5.42. The van der Waals surface area contributed by atoms with Crippen molar-refractivity contribution in [2.24, 2.45) is 0 Å². The molecular weight excluding hydrogens is 382 g/mol. The molecule has 0 aliphatic heterocycles. The van der Waals surface area contributed by atoms with Crippen molar-refractivity contribution in [3.63, 3.8) is 0 Å². The van der Waals surface area contributed by atoms with Crippen molar-refractivity contribution in [2.75, 3.05) is 18.4 Å². The van der Waals surface area contributed by atoms with Crippen LogP contribution >= 0.6 is 0 Å². The molecule has 0 saturated heterocycles. The summed E-state index contributed by atoms with van der Waals surface area (Å²) in [6, 6.07) is 11.2. The van der Waals surface area contributed by atoms with Crippen LogP contribution in [0.4, 0.5) is 5.82 Å². The lowest BCUT2D eigenvalue weighted by molar-refractivity contribution is -0.120. The van der Waals surface area contributed by atoms with E-state index in [9.17, 15) is 4.79 Å². The zero-order valence-electron chi connectivity index (χ0n) is 17.1. The number of para-hydroxylation sites is 1. The summed E-state index contributed by atoms with van der Waals surface area (Å²) in [7, 11) is 0. The van der Waals surface area contributed by atoms with Gasteiger partial charge in [-0.25, -0.2) is 4.68 Å². The number of nitrogens with zero attached hydrogens (tertiary/aromatic N) is 5. The fraction of sp³-hybridized carbons (Fsp3) is 0.286. The van der Waals surface area contributed by atoms with Crippen LogP contribution in [-0.4, -0.2) is 44.1 Å². The maximum atomic E-state index is 12.2. The van der Waals surface area contributed by atoms with Crippen LogP contribution < -0.4 is 10.6 Å². The number of benzene rings is 1. The third-order valence-electron chi connectivity index (χ3n) is 5.05. The summed E-state index contributed by atoms with van der Waals surface area (Å²) in [6.07, 6.45) is 0.174. The minimum absolute atomic E-state index is 0.114. The van der Waals surface area contributed by atoms with Gasteiger partial charge in [0, 0.05) is 24.2 Å². The minimum atomic E-state index is -0.114. The summed E-state index contributed by atoms with van der Waals surface area (Å²) in [5, 5.41) is 23.8. The fourth-order valence-electron chi connectivity index (χ4n) is 3.15. The molecule has 0 radical (unpaired) electrons. The molecule has 3 heterocycles. The number of hydrogen-bond donors (Lipinski definition) is 2. The molecular formula is C21H23N7O2. The van der Waals surface area contributed by atoms with Crippen molar-refractivity contribution < 1.29 is 9.32 Å². The molecule has 0 spiro atoms. The molecule has 2 N–H and O–H groups in total. The largest absolute Gasteiger partial charge is 0.367 e. The van der Waals surface area contributed by atoms with Crippen LogP contribution in [0.1, 0.15) is 22.6 Å². The Morgan fingerprint density at radius 1 is 1.07 bits per heavy atom. The second kappa shape index (κ2) is 8.32. The Morgan fingerprint density at radius 3 is 2.63 bits per heavy atom. The Morgan fingerprint density at radius 2 is 1.90 bits per heavy atom. The van der Waals surface area contributed by atoms with Gasteiger partial charge in [-0.15, -0.1) is 10.2 Å². The summed E-state index contributed by atoms with van der Waals surface area (Å²) in [4.78, 5) is 12.2. The first kappa shape index (κ1) is 19.6. The Labute approximate surface area is 173 Å². The lowest BCUT2D eigenvalue weighted by Crippen LogP contribution is -2.30. The molecule has 30 heavy (non-hydrogen) atoms. The van der Waals surface area contributed by atoms with E-state index in [0.29, 0.717) is 36.0 Å². The third kappa shape index (κ3) is 4.00. The van der Waals surface area contributed by atoms with Gasteiger partial charge in [-0.05, 0) is 50.6 Å². The maximum absolute atomic E-state index is 12.2. The van der Waals surface area contributed by atoms with Gasteiger partial charge in [0.2, 0.25) is 5.91 Å². The highest BCUT2D eigenvalue weighted by Crippen LogP contribution is 2.18. The van der Waals surface area contributed by atoms with Gasteiger partial charge >= 0.3 is 0 Å². The number of hydrogen-bond acceptors (Lipinski definition) is 7. The van der Waals surface area contributed by atoms with E-state index in [1.807, 2.05) is 57.2 Å². The van der Waals surface area contributed by atoms with Gasteiger partial charge in [-0.1, -0.05) is 17.3 Å². The SMILES string of the molecule is Cc1nn(-c2ccc(NCCNC(=O)Cc3noc4ccccc34)nn2)c(C)c1C. The van der Waals surface area contributed by atoms with Crippen molar-refractivity contribution >= 4 is 22.7 Å². The minimum Gasteiger partial charge on any atom is -0.367 e. The first-order chi connectivity index (χ1) is 14.5. The smallest absolute Gasteiger partial charge is 0.226 e. The number of carbonyl (C=O) groups excluding carboxylic acids is 1. The number of amides is 1. The molecule has 9 nitrogen and oxygen atoms in total. The molecule has 9 heteroatoms. The molecule has 4 aromatic rings. The average molecular weight is 405 g/mol. The molecule has 4 rings (SSSR count). The van der Waals surface area contributed by atoms with Crippen molar-refractivity contribution in [3.05, 3.63) is 59.0 Å². The zero-order valence-corrected chi connectivity index (χ0v) is 17.1. The number of rotatable bonds is 7. The summed E-state index contributed by atoms with van der Waals surface area (Å²) < 4.78 is 7.01. The van der Waals surface area contributed by atoms with Gasteiger partial charge in [0.15, 0.2) is 11.4 Å². The summed E-state index contributed by atoms with van der Waals surface area (Å²) in [5.74, 6) is 1.19. The highest BCUT2D eigenvalue weighted by molar-refractivity contribution is 5.86. The highest BCUT2D eigenvalue weighted by atomic mass is 16.5. The predicted molar refractivity (Wildman–Crippen MR) is 113 cm³/mol. The second-order valence-electron chi connectivity index (χ2n) is 7.06. The van der Waals surface area contributed by atoms with Gasteiger partial charge in [0.25, 0.3) is 0 Å². The highest BCUT2D eigenvalue weighted by Gasteiger charge is 2.12. The summed E-state index contributed by atoms with van der Waals surface area (Å²) in [6.45, 7) is 7.00. The zero-order chi connectivity index (χ0) is 21.1. The van der Waals surface area contributed by atoms with Crippen LogP contribution in [-0.2, 0) is 11.2 Å². The number of anilines is 1. The van der Waals surface area contributed by atoms with E-state index in [1.54, 1.807) is 4.68 Å². The molecule has 0 aliphatic carbocycles. The molecule has 0 unspecified atom stereocenters. The van der Waals surface area contributed by atoms with E-state index in [-0.39, 0.29) is 12.3 Å². The van der Waals surface area contributed by atoms with Crippen LogP contribution in [0.3, 0.4) is 0 Å². The number of carbonyl (C=O) groups is 1. The summed E-state index contributed by atoms with van der Waals surface area (Å²) >= 11 is 0. The van der Waals surface area contributed by atoms with Gasteiger partial charge < -0.3 is 15.2 Å². The molecule has 0 bridgehead atoms. The summed E-state index contributed by atoms with van der Waals surface area (Å²) in [5.41, 5.74) is 4.49. The molecule has 0 atom stereocenters. The van der Waals surface area contributed by atoms with Crippen LogP contribution in [0.25, 0.3) is 16.8 Å². The van der Waals surface area contributed by atoms with E-state index in [2.05, 4.69) is 31.1 Å². The average Bonchev–Trinajstić information content (AvgIpc) is 3.28. The number of fused-ring (bicyclic) bond motifs is 1. The van der Waals surface area contributed by atoms with Crippen LogP contribution in [0.5, 0.6) is 0 Å². The Balaban J connectivity index is 1.26. The van der Waals surface area contributed by atoms with Crippen molar-refractivity contribution in [1.82, 2.24) is 30.5 Å². The monoisotopic (exact) mass is 405 g/mol. The molecule has 0 fully saturated rings. The van der Waals surface area contributed by atoms with Crippen LogP contribution in [0.2, 0.25) is 0 Å². The fourth-order valence-corrected chi connectivity index (χ4v) is 3.15. The molecule has 0 saturated carbocycles. The van der Waals surface area contributed by atoms with Gasteiger partial charge in [-0.3, -0.25) is 4.79 Å². The van der Waals surface area contributed by atoms with Gasteiger partial charge in [-0.2, -0.15) is 5.10 Å². The lowest BCUT2D eigenvalue weighted by atomic mass is 10.1. The number of aromatic nitrogens is 5. The van der Waals surface area contributed by atoms with Crippen molar-refractivity contribution in [2.45, 2.75) is 27.2 Å². The molecule has 154 valence electrons. The molecule has 0 aliphatic rings. The molecule has 3 aromatic heterocycles. The van der Waals surface area contributed by atoms with E-state index in [4.69, 9.17) is 4.52 Å². The van der Waals surface area contributed by atoms with Crippen LogP contribution in [0.15, 0.2) is 40.9 Å². The normalized spacial score (nSPS) is 11.0. The first-order valence-corrected chi connectivity index (χ1v) is 9.73. The number of aryl methyl sites for hydroxylation is 1. The second-order valence-corrected chi connectivity index (χ2v) is 7.06. The quantitative estimate of drug-likeness (QED) is 0.455. The number of nitrogens with one attached hydrogen (secondary N) is 2. The van der Waals surface area contributed by atoms with Crippen molar-refractivity contribution in [1.29, 1.82) is 0 Å². The molecule has 1 amide bonds. The van der Waals surface area contributed by atoms with Crippen LogP contribution in [0, 0.1) is 20.8 Å². The Bertz CT molecular complexity index is 1180. The van der Waals surface area contributed by atoms with E-state index in [1.165, 1.54) is 0 Å². The van der Waals surface area contributed by atoms with E-state index in [0.717, 1.165) is 22.3 Å². The standard InChI is InChI=1S/C21H23N7O2/c1-13-14(2)26-28(15(13)3)20-9-8-19(24-25-20)22-10-11-23-21(29)12-17-16-6-4-5-7-18(16)30-27-17/h4-9H,10-12H2,1-3H3,(H,22,24)(H,23,29). The molecule has 1 aromatic carbocycles. The Hall–Kier alpha value is -3.75. The van der Waals surface area contributed by atoms with Gasteiger partial charge in [0.05, 0.1) is 12.1 Å².